The van der Waals surface area contributed by atoms with Gasteiger partial charge >= 0.3 is 6.03 Å². The van der Waals surface area contributed by atoms with Crippen molar-refractivity contribution in [1.82, 2.24) is 5.32 Å². The largest absolute Gasteiger partial charge is 0.365 e. The Labute approximate surface area is 153 Å². The van der Waals surface area contributed by atoms with E-state index in [0.29, 0.717) is 16.5 Å². The minimum absolute atomic E-state index is 0.210. The Morgan fingerprint density at radius 1 is 1.20 bits per heavy atom. The highest BCUT2D eigenvalue weighted by Crippen LogP contribution is 2.40. The van der Waals surface area contributed by atoms with Crippen LogP contribution in [-0.2, 0) is 12.8 Å². The number of amides is 3. The fourth-order valence-corrected chi connectivity index (χ4v) is 5.59. The smallest absolute Gasteiger partial charge is 0.320 e. The molecule has 0 spiro atoms. The fourth-order valence-electron chi connectivity index (χ4n) is 4.23. The van der Waals surface area contributed by atoms with Gasteiger partial charge in [0.25, 0.3) is 5.91 Å². The lowest BCUT2D eigenvalue weighted by Gasteiger charge is -2.22. The predicted molar refractivity (Wildman–Crippen MR) is 102 cm³/mol. The summed E-state index contributed by atoms with van der Waals surface area (Å²) in [6.45, 7) is 2.21. The van der Waals surface area contributed by atoms with Gasteiger partial charge in [0, 0.05) is 10.9 Å². The van der Waals surface area contributed by atoms with E-state index in [1.807, 2.05) is 0 Å². The number of urea groups is 1. The molecule has 0 radical (unpaired) electrons. The summed E-state index contributed by atoms with van der Waals surface area (Å²) in [5.74, 6) is 0.250. The Hall–Kier alpha value is -1.56. The molecule has 25 heavy (non-hydrogen) atoms. The van der Waals surface area contributed by atoms with Gasteiger partial charge in [0.15, 0.2) is 0 Å². The van der Waals surface area contributed by atoms with Crippen LogP contribution in [0.4, 0.5) is 9.80 Å². The molecule has 2 aliphatic rings. The van der Waals surface area contributed by atoms with Crippen LogP contribution in [0.3, 0.4) is 0 Å². The van der Waals surface area contributed by atoms with E-state index in [-0.39, 0.29) is 12.1 Å². The van der Waals surface area contributed by atoms with E-state index in [2.05, 4.69) is 17.6 Å². The lowest BCUT2D eigenvalue weighted by atomic mass is 9.84. The van der Waals surface area contributed by atoms with Gasteiger partial charge < -0.3 is 11.1 Å². The molecule has 0 aromatic carbocycles. The summed E-state index contributed by atoms with van der Waals surface area (Å²) in [7, 11) is 0. The first-order valence-corrected chi connectivity index (χ1v) is 10.4. The second-order valence-electron chi connectivity index (χ2n) is 7.40. The van der Waals surface area contributed by atoms with Gasteiger partial charge in [-0.3, -0.25) is 10.1 Å². The van der Waals surface area contributed by atoms with E-state index in [1.54, 1.807) is 0 Å². The summed E-state index contributed by atoms with van der Waals surface area (Å²) in [5, 5.41) is 6.59. The SMILES string of the molecule is CCC[C@H]1CCc2c(sc(NC(=O)NC3CCCCC3)c2C(N)=O)C1. The van der Waals surface area contributed by atoms with Crippen molar-refractivity contribution in [3.8, 4) is 0 Å². The molecule has 0 saturated heterocycles. The zero-order valence-electron chi connectivity index (χ0n) is 15.0. The van der Waals surface area contributed by atoms with E-state index in [1.165, 1.54) is 48.3 Å². The van der Waals surface area contributed by atoms with Crippen LogP contribution in [0.2, 0.25) is 0 Å². The Bertz CT molecular complexity index is 635. The minimum atomic E-state index is -0.431. The van der Waals surface area contributed by atoms with Crippen molar-refractivity contribution in [3.63, 3.8) is 0 Å². The van der Waals surface area contributed by atoms with E-state index in [9.17, 15) is 9.59 Å². The van der Waals surface area contributed by atoms with E-state index in [0.717, 1.165) is 37.7 Å². The molecule has 0 unspecified atom stereocenters. The van der Waals surface area contributed by atoms with Gasteiger partial charge in [-0.05, 0) is 43.6 Å². The van der Waals surface area contributed by atoms with Crippen LogP contribution in [0.5, 0.6) is 0 Å². The van der Waals surface area contributed by atoms with Gasteiger partial charge in [0.05, 0.1) is 5.56 Å². The molecule has 1 saturated carbocycles. The topological polar surface area (TPSA) is 84.2 Å². The molecule has 1 fully saturated rings. The normalized spacial score (nSPS) is 20.8. The van der Waals surface area contributed by atoms with Crippen molar-refractivity contribution >= 4 is 28.3 Å². The first kappa shape index (κ1) is 18.2. The maximum Gasteiger partial charge on any atom is 0.320 e. The molecule has 3 rings (SSSR count). The van der Waals surface area contributed by atoms with Crippen molar-refractivity contribution < 1.29 is 9.59 Å². The molecular formula is C19H29N3O2S. The number of primary amides is 1. The minimum Gasteiger partial charge on any atom is -0.365 e. The number of thiophene rings is 1. The lowest BCUT2D eigenvalue weighted by Crippen LogP contribution is -2.39. The van der Waals surface area contributed by atoms with Gasteiger partial charge in [0.1, 0.15) is 5.00 Å². The van der Waals surface area contributed by atoms with Crippen molar-refractivity contribution in [3.05, 3.63) is 16.0 Å². The molecule has 1 atom stereocenters. The van der Waals surface area contributed by atoms with Crippen LogP contribution < -0.4 is 16.4 Å². The number of fused-ring (bicyclic) bond motifs is 1. The lowest BCUT2D eigenvalue weighted by molar-refractivity contribution is 0.1000. The van der Waals surface area contributed by atoms with Gasteiger partial charge in [-0.2, -0.15) is 0 Å². The molecule has 0 aliphatic heterocycles. The van der Waals surface area contributed by atoms with Crippen LogP contribution in [0.25, 0.3) is 0 Å². The van der Waals surface area contributed by atoms with Gasteiger partial charge in [-0.15, -0.1) is 11.3 Å². The second-order valence-corrected chi connectivity index (χ2v) is 8.51. The summed E-state index contributed by atoms with van der Waals surface area (Å²) in [5.41, 5.74) is 7.24. The van der Waals surface area contributed by atoms with Gasteiger partial charge in [-0.25, -0.2) is 4.79 Å². The van der Waals surface area contributed by atoms with Gasteiger partial charge in [0.2, 0.25) is 0 Å². The average Bonchev–Trinajstić information content (AvgIpc) is 2.93. The molecule has 1 aromatic rings. The number of carbonyl (C=O) groups excluding carboxylic acids is 2. The summed E-state index contributed by atoms with van der Waals surface area (Å²) in [6, 6.07) is 0.0346. The Balaban J connectivity index is 1.72. The number of carbonyl (C=O) groups is 2. The standard InChI is InChI=1S/C19H29N3O2S/c1-2-6-12-9-10-14-15(11-12)25-18(16(14)17(20)23)22-19(24)21-13-7-4-3-5-8-13/h12-13H,2-11H2,1H3,(H2,20,23)(H2,21,22,24)/t12-/m0/s1. The monoisotopic (exact) mass is 363 g/mol. The molecular weight excluding hydrogens is 334 g/mol. The maximum absolute atomic E-state index is 12.4. The third-order valence-electron chi connectivity index (χ3n) is 5.48. The molecule has 2 aliphatic carbocycles. The third-order valence-corrected chi connectivity index (χ3v) is 6.65. The van der Waals surface area contributed by atoms with Crippen LogP contribution >= 0.6 is 11.3 Å². The number of nitrogens with two attached hydrogens (primary N) is 1. The van der Waals surface area contributed by atoms with Gasteiger partial charge in [-0.1, -0.05) is 39.0 Å². The van der Waals surface area contributed by atoms with Crippen molar-refractivity contribution in [2.24, 2.45) is 11.7 Å². The summed E-state index contributed by atoms with van der Waals surface area (Å²) in [4.78, 5) is 25.6. The van der Waals surface area contributed by atoms with E-state index < -0.39 is 5.91 Å². The number of anilines is 1. The third kappa shape index (κ3) is 4.35. The van der Waals surface area contributed by atoms with Crippen molar-refractivity contribution in [1.29, 1.82) is 0 Å². The van der Waals surface area contributed by atoms with E-state index in [4.69, 9.17) is 5.73 Å². The molecule has 3 amide bonds. The number of nitrogens with one attached hydrogen (secondary N) is 2. The number of hydrogen-bond donors (Lipinski definition) is 3. The summed E-state index contributed by atoms with van der Waals surface area (Å²) < 4.78 is 0. The first-order valence-electron chi connectivity index (χ1n) is 9.60. The number of rotatable bonds is 5. The molecule has 138 valence electrons. The fraction of sp³-hybridized carbons (Fsp3) is 0.684. The zero-order chi connectivity index (χ0) is 17.8. The Kier molecular flexibility index (Phi) is 5.99. The van der Waals surface area contributed by atoms with Crippen molar-refractivity contribution in [2.75, 3.05) is 5.32 Å². The molecule has 0 bridgehead atoms. The second kappa shape index (κ2) is 8.21. The Morgan fingerprint density at radius 2 is 1.96 bits per heavy atom. The highest BCUT2D eigenvalue weighted by atomic mass is 32.1. The summed E-state index contributed by atoms with van der Waals surface area (Å²) in [6.07, 6.45) is 11.1. The summed E-state index contributed by atoms with van der Waals surface area (Å²) >= 11 is 1.54. The van der Waals surface area contributed by atoms with Crippen LogP contribution in [0, 0.1) is 5.92 Å². The molecule has 6 heteroatoms. The maximum atomic E-state index is 12.4. The average molecular weight is 364 g/mol. The molecule has 5 nitrogen and oxygen atoms in total. The van der Waals surface area contributed by atoms with Crippen LogP contribution in [0.15, 0.2) is 0 Å². The molecule has 4 N–H and O–H groups in total. The predicted octanol–water partition coefficient (Wildman–Crippen LogP) is 4.21. The zero-order valence-corrected chi connectivity index (χ0v) is 15.8. The molecule has 1 aromatic heterocycles. The first-order chi connectivity index (χ1) is 12.1. The Morgan fingerprint density at radius 3 is 2.64 bits per heavy atom. The highest BCUT2D eigenvalue weighted by molar-refractivity contribution is 7.17. The van der Waals surface area contributed by atoms with E-state index >= 15 is 0 Å². The number of hydrogen-bond acceptors (Lipinski definition) is 3. The highest BCUT2D eigenvalue weighted by Gasteiger charge is 2.28. The van der Waals surface area contributed by atoms with Crippen LogP contribution in [-0.4, -0.2) is 18.0 Å². The quantitative estimate of drug-likeness (QED) is 0.732. The van der Waals surface area contributed by atoms with Crippen molar-refractivity contribution in [2.45, 2.75) is 77.2 Å². The molecule has 1 heterocycles. The van der Waals surface area contributed by atoms with Crippen LogP contribution in [0.1, 0.15) is 79.1 Å².